The topological polar surface area (TPSA) is 24.6 Å². The van der Waals surface area contributed by atoms with Crippen molar-refractivity contribution >= 4 is 77.9 Å². The first-order chi connectivity index (χ1) is 34.7. The maximum absolute atomic E-state index is 6.28. The second-order valence-corrected chi connectivity index (χ2v) is 17.8. The second kappa shape index (κ2) is 17.4. The van der Waals surface area contributed by atoms with Crippen molar-refractivity contribution in [2.24, 2.45) is 0 Å². The van der Waals surface area contributed by atoms with Crippen molar-refractivity contribution in [2.75, 3.05) is 9.80 Å². The van der Waals surface area contributed by atoms with Crippen LogP contribution in [0.25, 0.3) is 82.8 Å². The van der Waals surface area contributed by atoms with Gasteiger partial charge in [0.15, 0.2) is 0 Å². The molecule has 0 spiro atoms. The molecule has 0 bridgehead atoms. The van der Waals surface area contributed by atoms with E-state index in [1.807, 2.05) is 12.1 Å². The SMILES string of the molecule is c1ccc(N(c2ccccc2)c2ccc(-c3ccc(-c4ccc(N(c5ccc(-c6ccc7c(c6)oc6ccccc67)cc5)c5ccc6c(c5)c5ccccc5n6-c5ccccc5)cc4)cc3)cc2)cc1. The summed E-state index contributed by atoms with van der Waals surface area (Å²) in [6.07, 6.45) is 0. The zero-order valence-corrected chi connectivity index (χ0v) is 38.2. The maximum atomic E-state index is 6.28. The van der Waals surface area contributed by atoms with Gasteiger partial charge in [-0.2, -0.15) is 0 Å². The van der Waals surface area contributed by atoms with Crippen LogP contribution in [-0.2, 0) is 0 Å². The molecule has 4 nitrogen and oxygen atoms in total. The van der Waals surface area contributed by atoms with Crippen molar-refractivity contribution in [1.82, 2.24) is 4.57 Å². The molecule has 0 atom stereocenters. The van der Waals surface area contributed by atoms with E-state index in [0.29, 0.717) is 0 Å². The lowest BCUT2D eigenvalue weighted by Gasteiger charge is -2.26. The van der Waals surface area contributed by atoms with Crippen LogP contribution in [0.2, 0.25) is 0 Å². The van der Waals surface area contributed by atoms with Crippen LogP contribution < -0.4 is 9.80 Å². The summed E-state index contributed by atoms with van der Waals surface area (Å²) in [6.45, 7) is 0. The van der Waals surface area contributed by atoms with E-state index in [9.17, 15) is 0 Å². The van der Waals surface area contributed by atoms with Crippen molar-refractivity contribution in [3.05, 3.63) is 273 Å². The van der Waals surface area contributed by atoms with Crippen LogP contribution >= 0.6 is 0 Å². The molecule has 0 amide bonds. The number of anilines is 6. The third kappa shape index (κ3) is 7.36. The smallest absolute Gasteiger partial charge is 0.136 e. The summed E-state index contributed by atoms with van der Waals surface area (Å²) in [7, 11) is 0. The summed E-state index contributed by atoms with van der Waals surface area (Å²) in [5.74, 6) is 0. The zero-order valence-electron chi connectivity index (χ0n) is 38.2. The number of para-hydroxylation sites is 5. The van der Waals surface area contributed by atoms with Crippen molar-refractivity contribution in [1.29, 1.82) is 0 Å². The van der Waals surface area contributed by atoms with Gasteiger partial charge in [0.1, 0.15) is 11.2 Å². The van der Waals surface area contributed by atoms with Gasteiger partial charge >= 0.3 is 0 Å². The molecule has 0 N–H and O–H groups in total. The van der Waals surface area contributed by atoms with Gasteiger partial charge < -0.3 is 18.8 Å². The van der Waals surface area contributed by atoms with Gasteiger partial charge in [0.05, 0.1) is 11.0 Å². The van der Waals surface area contributed by atoms with E-state index in [-0.39, 0.29) is 0 Å². The van der Waals surface area contributed by atoms with Gasteiger partial charge in [-0.3, -0.25) is 0 Å². The first-order valence-corrected chi connectivity index (χ1v) is 23.8. The van der Waals surface area contributed by atoms with Crippen LogP contribution in [0.5, 0.6) is 0 Å². The second-order valence-electron chi connectivity index (χ2n) is 17.8. The molecular formula is C66H45N3O. The number of nitrogens with zero attached hydrogens (tertiary/aromatic N) is 3. The first-order valence-electron chi connectivity index (χ1n) is 23.8. The van der Waals surface area contributed by atoms with E-state index >= 15 is 0 Å². The Morgan fingerprint density at radius 3 is 1.20 bits per heavy atom. The molecule has 2 heterocycles. The van der Waals surface area contributed by atoms with Crippen LogP contribution in [0.1, 0.15) is 0 Å². The number of benzene rings is 11. The molecule has 13 aromatic rings. The highest BCUT2D eigenvalue weighted by atomic mass is 16.3. The average Bonchev–Trinajstić information content (AvgIpc) is 3.98. The van der Waals surface area contributed by atoms with Crippen LogP contribution in [-0.4, -0.2) is 4.57 Å². The summed E-state index contributed by atoms with van der Waals surface area (Å²) >= 11 is 0. The minimum Gasteiger partial charge on any atom is -0.456 e. The molecule has 4 heteroatoms. The first kappa shape index (κ1) is 40.9. The van der Waals surface area contributed by atoms with Gasteiger partial charge in [0.2, 0.25) is 0 Å². The summed E-state index contributed by atoms with van der Waals surface area (Å²) in [6, 6.07) is 97.7. The van der Waals surface area contributed by atoms with Gasteiger partial charge in [-0.05, 0) is 149 Å². The Morgan fingerprint density at radius 2 is 0.629 bits per heavy atom. The Labute approximate surface area is 406 Å². The predicted octanol–water partition coefficient (Wildman–Crippen LogP) is 18.6. The molecule has 0 fully saturated rings. The molecule has 330 valence electrons. The molecule has 13 rings (SSSR count). The van der Waals surface area contributed by atoms with E-state index in [0.717, 1.165) is 78.4 Å². The number of rotatable bonds is 10. The highest BCUT2D eigenvalue weighted by molar-refractivity contribution is 6.11. The molecule has 0 radical (unpaired) electrons. The molecule has 0 unspecified atom stereocenters. The molecule has 0 aliphatic rings. The van der Waals surface area contributed by atoms with E-state index in [2.05, 4.69) is 275 Å². The molecule has 0 aliphatic heterocycles. The van der Waals surface area contributed by atoms with Gasteiger partial charge in [-0.15, -0.1) is 0 Å². The van der Waals surface area contributed by atoms with Crippen molar-refractivity contribution in [3.8, 4) is 39.1 Å². The Balaban J connectivity index is 0.837. The lowest BCUT2D eigenvalue weighted by atomic mass is 9.99. The summed E-state index contributed by atoms with van der Waals surface area (Å²) in [5.41, 5.74) is 18.8. The third-order valence-electron chi connectivity index (χ3n) is 13.6. The molecule has 0 aliphatic carbocycles. The predicted molar refractivity (Wildman–Crippen MR) is 294 cm³/mol. The lowest BCUT2D eigenvalue weighted by Crippen LogP contribution is -2.10. The van der Waals surface area contributed by atoms with Crippen molar-refractivity contribution in [2.45, 2.75) is 0 Å². The van der Waals surface area contributed by atoms with E-state index in [1.165, 1.54) is 38.5 Å². The quantitative estimate of drug-likeness (QED) is 0.137. The van der Waals surface area contributed by atoms with Gasteiger partial charge in [-0.25, -0.2) is 0 Å². The fourth-order valence-corrected chi connectivity index (χ4v) is 10.2. The van der Waals surface area contributed by atoms with Crippen molar-refractivity contribution in [3.63, 3.8) is 0 Å². The van der Waals surface area contributed by atoms with Crippen LogP contribution in [0, 0.1) is 0 Å². The summed E-state index contributed by atoms with van der Waals surface area (Å²) in [5, 5.41) is 4.69. The van der Waals surface area contributed by atoms with Gasteiger partial charge in [-0.1, -0.05) is 158 Å². The largest absolute Gasteiger partial charge is 0.456 e. The minimum atomic E-state index is 0.894. The molecule has 2 aromatic heterocycles. The lowest BCUT2D eigenvalue weighted by molar-refractivity contribution is 0.669. The summed E-state index contributed by atoms with van der Waals surface area (Å²) < 4.78 is 8.65. The molecule has 0 saturated carbocycles. The fourth-order valence-electron chi connectivity index (χ4n) is 10.2. The number of hydrogen-bond acceptors (Lipinski definition) is 3. The number of hydrogen-bond donors (Lipinski definition) is 0. The van der Waals surface area contributed by atoms with Crippen LogP contribution in [0.4, 0.5) is 34.1 Å². The van der Waals surface area contributed by atoms with Crippen LogP contribution in [0.3, 0.4) is 0 Å². The summed E-state index contributed by atoms with van der Waals surface area (Å²) in [4.78, 5) is 4.66. The van der Waals surface area contributed by atoms with Gasteiger partial charge in [0.25, 0.3) is 0 Å². The standard InChI is InChI=1S/C66H45N3O/c1-4-14-52(15-5-1)67(53-16-6-2-7-17-53)55-35-28-48(29-36-55)46-24-26-47(27-25-46)49-30-37-56(38-31-49)68(57-39-32-50(33-40-57)51-34-42-61-60-21-11-13-23-65(60)70-66(61)44-51)58-41-43-64-62(45-58)59-20-10-12-22-63(59)69(64)54-18-8-3-9-19-54/h1-45H. The number of fused-ring (bicyclic) bond motifs is 6. The van der Waals surface area contributed by atoms with Crippen LogP contribution in [0.15, 0.2) is 277 Å². The van der Waals surface area contributed by atoms with Crippen molar-refractivity contribution < 1.29 is 4.42 Å². The highest BCUT2D eigenvalue weighted by Crippen LogP contribution is 2.42. The maximum Gasteiger partial charge on any atom is 0.136 e. The zero-order chi connectivity index (χ0) is 46.4. The molecule has 11 aromatic carbocycles. The Kier molecular flexibility index (Phi) is 10.1. The van der Waals surface area contributed by atoms with Gasteiger partial charge in [0, 0.05) is 61.4 Å². The molecular weight excluding hydrogens is 851 g/mol. The Bertz CT molecular complexity index is 3910. The monoisotopic (exact) mass is 895 g/mol. The Morgan fingerprint density at radius 1 is 0.243 bits per heavy atom. The Hall–Kier alpha value is -9.38. The van der Waals surface area contributed by atoms with E-state index in [1.54, 1.807) is 0 Å². The average molecular weight is 896 g/mol. The minimum absolute atomic E-state index is 0.894. The fraction of sp³-hybridized carbons (Fsp3) is 0. The van der Waals surface area contributed by atoms with E-state index in [4.69, 9.17) is 4.42 Å². The number of aromatic nitrogens is 1. The highest BCUT2D eigenvalue weighted by Gasteiger charge is 2.19. The number of furan rings is 1. The third-order valence-corrected chi connectivity index (χ3v) is 13.6. The molecule has 70 heavy (non-hydrogen) atoms. The normalized spacial score (nSPS) is 11.4. The van der Waals surface area contributed by atoms with E-state index < -0.39 is 0 Å². The molecule has 0 saturated heterocycles.